The van der Waals surface area contributed by atoms with Crippen LogP contribution in [0.25, 0.3) is 11.4 Å². The Labute approximate surface area is 178 Å². The smallest absolute Gasteiger partial charge is 0.303 e. The molecule has 1 unspecified atom stereocenters. The summed E-state index contributed by atoms with van der Waals surface area (Å²) >= 11 is 0. The number of aryl methyl sites for hydroxylation is 2. The van der Waals surface area contributed by atoms with Gasteiger partial charge in [0.1, 0.15) is 12.3 Å². The number of rotatable bonds is 7. The van der Waals surface area contributed by atoms with Crippen LogP contribution in [0.2, 0.25) is 0 Å². The number of aromatic nitrogens is 4. The van der Waals surface area contributed by atoms with Gasteiger partial charge in [-0.1, -0.05) is 5.21 Å². The molecule has 0 saturated carbocycles. The first-order chi connectivity index (χ1) is 14.3. The third kappa shape index (κ3) is 5.73. The van der Waals surface area contributed by atoms with Crippen molar-refractivity contribution in [2.45, 2.75) is 32.3 Å². The van der Waals surface area contributed by atoms with Gasteiger partial charge in [0.05, 0.1) is 42.0 Å². The fourth-order valence-electron chi connectivity index (χ4n) is 3.69. The van der Waals surface area contributed by atoms with Crippen LogP contribution in [0.1, 0.15) is 24.2 Å². The highest BCUT2D eigenvalue weighted by Crippen LogP contribution is 2.36. The van der Waals surface area contributed by atoms with Crippen LogP contribution in [0, 0.1) is 12.8 Å². The molecule has 10 nitrogen and oxygen atoms in total. The Kier molecular flexibility index (Phi) is 6.28. The number of carboxylic acids is 1. The van der Waals surface area contributed by atoms with Crippen molar-refractivity contribution >= 4 is 21.8 Å². The Morgan fingerprint density at radius 2 is 2.10 bits per heavy atom. The number of pyridine rings is 1. The van der Waals surface area contributed by atoms with Gasteiger partial charge in [0.15, 0.2) is 0 Å². The van der Waals surface area contributed by atoms with E-state index in [-0.39, 0.29) is 19.6 Å². The first-order valence-corrected chi connectivity index (χ1v) is 11.2. The van der Waals surface area contributed by atoms with Gasteiger partial charge >= 0.3 is 5.97 Å². The molecule has 31 heavy (non-hydrogen) atoms. The molecule has 1 aliphatic rings. The third-order valence-electron chi connectivity index (χ3n) is 4.95. The lowest BCUT2D eigenvalue weighted by Crippen LogP contribution is -2.48. The van der Waals surface area contributed by atoms with Crippen LogP contribution in [-0.2, 0) is 32.8 Å². The molecule has 2 aromatic rings. The molecule has 2 aromatic heterocycles. The number of hydrogen-bond acceptors (Lipinski definition) is 8. The number of hydrogen-bond donors (Lipinski definition) is 1. The first kappa shape index (κ1) is 23.0. The zero-order chi connectivity index (χ0) is 23.0. The SMILES string of the molecule is Cc1nc(-c2nnn(C)c2COS(C)(=O)=O)ccc1N1CC(CC(=O)O)CC(F)(F)C1. The van der Waals surface area contributed by atoms with Gasteiger partial charge in [-0.25, -0.2) is 18.4 Å². The molecule has 3 rings (SSSR count). The molecule has 3 heterocycles. The molecule has 1 fully saturated rings. The Morgan fingerprint density at radius 1 is 1.39 bits per heavy atom. The molecule has 1 aliphatic heterocycles. The van der Waals surface area contributed by atoms with E-state index in [4.69, 9.17) is 9.29 Å². The number of carboxylic acid groups (broad SMARTS) is 1. The largest absolute Gasteiger partial charge is 0.481 e. The van der Waals surface area contributed by atoms with E-state index in [0.29, 0.717) is 28.5 Å². The van der Waals surface area contributed by atoms with Crippen molar-refractivity contribution in [3.8, 4) is 11.4 Å². The van der Waals surface area contributed by atoms with E-state index < -0.39 is 40.9 Å². The zero-order valence-corrected chi connectivity index (χ0v) is 18.1. The topological polar surface area (TPSA) is 128 Å². The summed E-state index contributed by atoms with van der Waals surface area (Å²) in [6.45, 7) is 1.03. The van der Waals surface area contributed by atoms with Crippen LogP contribution >= 0.6 is 0 Å². The molecule has 0 spiro atoms. The summed E-state index contributed by atoms with van der Waals surface area (Å²) in [6.07, 6.45) is 0.128. The van der Waals surface area contributed by atoms with E-state index in [1.54, 1.807) is 26.1 Å². The molecular weight excluding hydrogens is 436 g/mol. The monoisotopic (exact) mass is 459 g/mol. The first-order valence-electron chi connectivity index (χ1n) is 9.40. The minimum Gasteiger partial charge on any atom is -0.481 e. The molecular formula is C18H23F2N5O5S. The molecule has 0 bridgehead atoms. The Bertz CT molecular complexity index is 1090. The second-order valence-electron chi connectivity index (χ2n) is 7.68. The van der Waals surface area contributed by atoms with Gasteiger partial charge in [-0.05, 0) is 25.0 Å². The molecule has 0 aromatic carbocycles. The number of aliphatic carboxylic acids is 1. The summed E-state index contributed by atoms with van der Waals surface area (Å²) in [5.74, 6) is -4.80. The van der Waals surface area contributed by atoms with Crippen molar-refractivity contribution in [2.24, 2.45) is 13.0 Å². The summed E-state index contributed by atoms with van der Waals surface area (Å²) in [4.78, 5) is 16.9. The normalized spacial score (nSPS) is 18.9. The van der Waals surface area contributed by atoms with Gasteiger partial charge in [0, 0.05) is 20.0 Å². The van der Waals surface area contributed by atoms with Crippen molar-refractivity contribution in [3.63, 3.8) is 0 Å². The minimum absolute atomic E-state index is 0.183. The fraction of sp³-hybridized carbons (Fsp3) is 0.556. The van der Waals surface area contributed by atoms with Crippen LogP contribution in [-0.4, -0.2) is 64.7 Å². The fourth-order valence-corrected chi connectivity index (χ4v) is 4.02. The number of piperidine rings is 1. The van der Waals surface area contributed by atoms with E-state index in [0.717, 1.165) is 6.26 Å². The van der Waals surface area contributed by atoms with Crippen LogP contribution in [0.5, 0.6) is 0 Å². The minimum atomic E-state index is -3.68. The molecule has 0 radical (unpaired) electrons. The molecule has 13 heteroatoms. The Hall–Kier alpha value is -2.67. The van der Waals surface area contributed by atoms with Crippen molar-refractivity contribution in [1.29, 1.82) is 0 Å². The Morgan fingerprint density at radius 3 is 2.71 bits per heavy atom. The Balaban J connectivity index is 1.88. The maximum atomic E-state index is 14.2. The lowest BCUT2D eigenvalue weighted by Gasteiger charge is -2.39. The van der Waals surface area contributed by atoms with Gasteiger partial charge in [-0.3, -0.25) is 8.98 Å². The van der Waals surface area contributed by atoms with Crippen molar-refractivity contribution in [3.05, 3.63) is 23.5 Å². The lowest BCUT2D eigenvalue weighted by atomic mass is 9.92. The van der Waals surface area contributed by atoms with Crippen LogP contribution in [0.3, 0.4) is 0 Å². The maximum absolute atomic E-state index is 14.2. The summed E-state index contributed by atoms with van der Waals surface area (Å²) in [6, 6.07) is 3.20. The number of anilines is 1. The number of halogens is 2. The van der Waals surface area contributed by atoms with Crippen LogP contribution in [0.15, 0.2) is 12.1 Å². The predicted octanol–water partition coefficient (Wildman–Crippen LogP) is 1.60. The molecule has 0 aliphatic carbocycles. The third-order valence-corrected chi connectivity index (χ3v) is 5.49. The van der Waals surface area contributed by atoms with Crippen LogP contribution < -0.4 is 4.90 Å². The second-order valence-corrected chi connectivity index (χ2v) is 9.32. The van der Waals surface area contributed by atoms with Gasteiger partial charge in [-0.15, -0.1) is 5.10 Å². The average Bonchev–Trinajstić information content (AvgIpc) is 2.97. The number of alkyl halides is 2. The van der Waals surface area contributed by atoms with Gasteiger partial charge in [-0.2, -0.15) is 8.42 Å². The molecule has 1 atom stereocenters. The summed E-state index contributed by atoms with van der Waals surface area (Å²) in [7, 11) is -2.10. The predicted molar refractivity (Wildman–Crippen MR) is 106 cm³/mol. The number of carbonyl (C=O) groups is 1. The highest BCUT2D eigenvalue weighted by Gasteiger charge is 2.41. The second kappa shape index (κ2) is 8.46. The van der Waals surface area contributed by atoms with Crippen molar-refractivity contribution in [2.75, 3.05) is 24.2 Å². The quantitative estimate of drug-likeness (QED) is 0.614. The zero-order valence-electron chi connectivity index (χ0n) is 17.2. The van der Waals surface area contributed by atoms with E-state index in [9.17, 15) is 22.0 Å². The lowest BCUT2D eigenvalue weighted by molar-refractivity contribution is -0.139. The average molecular weight is 459 g/mol. The van der Waals surface area contributed by atoms with Gasteiger partial charge in [0.2, 0.25) is 0 Å². The van der Waals surface area contributed by atoms with Crippen molar-refractivity contribution < 1.29 is 31.3 Å². The standard InChI is InChI=1S/C18H23F2N5O5S/c1-11-14(25-8-12(6-16(26)27)7-18(19,20)10-25)5-4-13(21-11)17-15(24(2)23-22-17)9-30-31(3,28)29/h4-5,12H,6-10H2,1-3H3,(H,26,27). The van der Waals surface area contributed by atoms with Gasteiger partial charge < -0.3 is 10.0 Å². The highest BCUT2D eigenvalue weighted by atomic mass is 32.2. The molecule has 170 valence electrons. The number of nitrogens with zero attached hydrogens (tertiary/aromatic N) is 5. The summed E-state index contributed by atoms with van der Waals surface area (Å²) in [5.41, 5.74) is 2.00. The van der Waals surface area contributed by atoms with Crippen LogP contribution in [0.4, 0.5) is 14.5 Å². The maximum Gasteiger partial charge on any atom is 0.303 e. The van der Waals surface area contributed by atoms with E-state index in [2.05, 4.69) is 15.3 Å². The van der Waals surface area contributed by atoms with E-state index >= 15 is 0 Å². The summed E-state index contributed by atoms with van der Waals surface area (Å²) in [5, 5.41) is 16.9. The van der Waals surface area contributed by atoms with E-state index in [1.807, 2.05) is 0 Å². The molecule has 1 N–H and O–H groups in total. The van der Waals surface area contributed by atoms with E-state index in [1.165, 1.54) is 9.58 Å². The van der Waals surface area contributed by atoms with Crippen molar-refractivity contribution in [1.82, 2.24) is 20.0 Å². The molecule has 0 amide bonds. The summed E-state index contributed by atoms with van der Waals surface area (Å²) < 4.78 is 57.3. The van der Waals surface area contributed by atoms with Gasteiger partial charge in [0.25, 0.3) is 16.0 Å². The highest BCUT2D eigenvalue weighted by molar-refractivity contribution is 7.85. The molecule has 1 saturated heterocycles.